The zero-order chi connectivity index (χ0) is 14.9. The van der Waals surface area contributed by atoms with Crippen molar-refractivity contribution in [3.63, 3.8) is 0 Å². The van der Waals surface area contributed by atoms with Crippen molar-refractivity contribution < 1.29 is 9.90 Å². The molecule has 0 bridgehead atoms. The number of rotatable bonds is 3. The van der Waals surface area contributed by atoms with Gasteiger partial charge in [-0.2, -0.15) is 0 Å². The fourth-order valence-corrected chi connectivity index (χ4v) is 3.61. The van der Waals surface area contributed by atoms with Gasteiger partial charge in [-0.1, -0.05) is 30.3 Å². The molecule has 1 aromatic carbocycles. The maximum Gasteiger partial charge on any atom is 0.228 e. The molecule has 0 aliphatic carbocycles. The molecule has 1 aromatic rings. The maximum atomic E-state index is 12.1. The summed E-state index contributed by atoms with van der Waals surface area (Å²) in [6.45, 7) is 3.42. The van der Waals surface area contributed by atoms with Crippen molar-refractivity contribution in [2.75, 3.05) is 26.7 Å². The average molecular weight is 288 g/mol. The van der Waals surface area contributed by atoms with E-state index < -0.39 is 5.60 Å². The average Bonchev–Trinajstić information content (AvgIpc) is 2.83. The standard InChI is InChI=1S/C17H24N2O2/c1-18-10-7-15(16(18)20)17(21)8-11-19(12-9-17)13-14-5-3-2-4-6-14/h2-6,15,21H,7-13H2,1H3. The predicted octanol–water partition coefficient (Wildman–Crippen LogP) is 1.49. The van der Waals surface area contributed by atoms with Crippen LogP contribution in [0.3, 0.4) is 0 Å². The smallest absolute Gasteiger partial charge is 0.228 e. The monoisotopic (exact) mass is 288 g/mol. The lowest BCUT2D eigenvalue weighted by atomic mass is 9.78. The third-order valence-electron chi connectivity index (χ3n) is 5.05. The van der Waals surface area contributed by atoms with Crippen LogP contribution < -0.4 is 0 Å². The Morgan fingerprint density at radius 2 is 1.86 bits per heavy atom. The molecule has 0 saturated carbocycles. The van der Waals surface area contributed by atoms with Gasteiger partial charge in [-0.3, -0.25) is 9.69 Å². The van der Waals surface area contributed by atoms with Gasteiger partial charge in [-0.15, -0.1) is 0 Å². The minimum Gasteiger partial charge on any atom is -0.389 e. The molecule has 2 aliphatic heterocycles. The van der Waals surface area contributed by atoms with Crippen molar-refractivity contribution >= 4 is 5.91 Å². The van der Waals surface area contributed by atoms with Gasteiger partial charge in [0, 0.05) is 33.2 Å². The number of nitrogens with zero attached hydrogens (tertiary/aromatic N) is 2. The fraction of sp³-hybridized carbons (Fsp3) is 0.588. The van der Waals surface area contributed by atoms with Crippen LogP contribution in [0.4, 0.5) is 0 Å². The van der Waals surface area contributed by atoms with Gasteiger partial charge in [0.2, 0.25) is 5.91 Å². The zero-order valence-electron chi connectivity index (χ0n) is 12.7. The van der Waals surface area contributed by atoms with Gasteiger partial charge < -0.3 is 10.0 Å². The van der Waals surface area contributed by atoms with E-state index in [4.69, 9.17) is 0 Å². The molecule has 1 amide bonds. The van der Waals surface area contributed by atoms with Crippen molar-refractivity contribution in [2.24, 2.45) is 5.92 Å². The van der Waals surface area contributed by atoms with Crippen LogP contribution in [0, 0.1) is 5.92 Å². The summed E-state index contributed by atoms with van der Waals surface area (Å²) in [6.07, 6.45) is 2.19. The SMILES string of the molecule is CN1CCC(C2(O)CCN(Cc3ccccc3)CC2)C1=O. The van der Waals surface area contributed by atoms with E-state index in [0.717, 1.165) is 32.6 Å². The summed E-state index contributed by atoms with van der Waals surface area (Å²) in [4.78, 5) is 16.3. The van der Waals surface area contributed by atoms with E-state index >= 15 is 0 Å². The third kappa shape index (κ3) is 2.97. The molecular weight excluding hydrogens is 264 g/mol. The summed E-state index contributed by atoms with van der Waals surface area (Å²) in [7, 11) is 1.83. The first-order valence-electron chi connectivity index (χ1n) is 7.82. The van der Waals surface area contributed by atoms with E-state index in [-0.39, 0.29) is 11.8 Å². The van der Waals surface area contributed by atoms with Crippen molar-refractivity contribution in [3.8, 4) is 0 Å². The molecular formula is C17H24N2O2. The highest BCUT2D eigenvalue weighted by Crippen LogP contribution is 2.36. The van der Waals surface area contributed by atoms with Gasteiger partial charge in [-0.25, -0.2) is 0 Å². The minimum atomic E-state index is -0.797. The Labute approximate surface area is 126 Å². The van der Waals surface area contributed by atoms with Crippen LogP contribution in [-0.2, 0) is 11.3 Å². The van der Waals surface area contributed by atoms with Crippen molar-refractivity contribution in [3.05, 3.63) is 35.9 Å². The summed E-state index contributed by atoms with van der Waals surface area (Å²) in [5, 5.41) is 10.9. The highest BCUT2D eigenvalue weighted by atomic mass is 16.3. The number of amides is 1. The number of benzene rings is 1. The largest absolute Gasteiger partial charge is 0.389 e. The van der Waals surface area contributed by atoms with Crippen molar-refractivity contribution in [2.45, 2.75) is 31.4 Å². The van der Waals surface area contributed by atoms with Gasteiger partial charge in [0.15, 0.2) is 0 Å². The van der Waals surface area contributed by atoms with E-state index in [1.54, 1.807) is 4.90 Å². The van der Waals surface area contributed by atoms with Crippen LogP contribution in [0.15, 0.2) is 30.3 Å². The summed E-state index contributed by atoms with van der Waals surface area (Å²) < 4.78 is 0. The summed E-state index contributed by atoms with van der Waals surface area (Å²) >= 11 is 0. The molecule has 1 N–H and O–H groups in total. The molecule has 0 aromatic heterocycles. The predicted molar refractivity (Wildman–Crippen MR) is 81.6 cm³/mol. The molecule has 3 rings (SSSR count). The Balaban J connectivity index is 1.58. The summed E-state index contributed by atoms with van der Waals surface area (Å²) in [5.41, 5.74) is 0.509. The lowest BCUT2D eigenvalue weighted by molar-refractivity contribution is -0.141. The molecule has 114 valence electrons. The summed E-state index contributed by atoms with van der Waals surface area (Å²) in [6, 6.07) is 10.4. The normalized spacial score (nSPS) is 26.3. The number of piperidine rings is 1. The number of likely N-dealkylation sites (tertiary alicyclic amines) is 2. The highest BCUT2D eigenvalue weighted by Gasteiger charge is 2.46. The second-order valence-corrected chi connectivity index (χ2v) is 6.47. The van der Waals surface area contributed by atoms with Crippen LogP contribution >= 0.6 is 0 Å². The van der Waals surface area contributed by atoms with Gasteiger partial charge in [-0.05, 0) is 24.8 Å². The Morgan fingerprint density at radius 1 is 1.19 bits per heavy atom. The van der Waals surface area contributed by atoms with Crippen molar-refractivity contribution in [1.82, 2.24) is 9.80 Å². The number of carbonyl (C=O) groups is 1. The molecule has 2 heterocycles. The molecule has 2 aliphatic rings. The maximum absolute atomic E-state index is 12.1. The molecule has 0 radical (unpaired) electrons. The van der Waals surface area contributed by atoms with Gasteiger partial charge in [0.05, 0.1) is 11.5 Å². The number of hydrogen-bond donors (Lipinski definition) is 1. The van der Waals surface area contributed by atoms with E-state index in [1.807, 2.05) is 13.1 Å². The summed E-state index contributed by atoms with van der Waals surface area (Å²) in [5.74, 6) is -0.0737. The van der Waals surface area contributed by atoms with Crippen LogP contribution in [0.1, 0.15) is 24.8 Å². The van der Waals surface area contributed by atoms with Gasteiger partial charge in [0.1, 0.15) is 0 Å². The van der Waals surface area contributed by atoms with E-state index in [0.29, 0.717) is 12.8 Å². The molecule has 21 heavy (non-hydrogen) atoms. The Morgan fingerprint density at radius 3 is 2.43 bits per heavy atom. The Kier molecular flexibility index (Phi) is 4.00. The first-order chi connectivity index (χ1) is 10.1. The molecule has 1 atom stereocenters. The van der Waals surface area contributed by atoms with Crippen LogP contribution in [0.2, 0.25) is 0 Å². The molecule has 2 fully saturated rings. The Bertz CT molecular complexity index is 495. The van der Waals surface area contributed by atoms with Crippen LogP contribution in [0.25, 0.3) is 0 Å². The first kappa shape index (κ1) is 14.5. The van der Waals surface area contributed by atoms with Crippen molar-refractivity contribution in [1.29, 1.82) is 0 Å². The first-order valence-corrected chi connectivity index (χ1v) is 7.82. The Hall–Kier alpha value is -1.39. The third-order valence-corrected chi connectivity index (χ3v) is 5.05. The second-order valence-electron chi connectivity index (χ2n) is 6.47. The van der Waals surface area contributed by atoms with E-state index in [2.05, 4.69) is 29.2 Å². The second kappa shape index (κ2) is 5.78. The van der Waals surface area contributed by atoms with Crippen LogP contribution in [-0.4, -0.2) is 53.1 Å². The zero-order valence-corrected chi connectivity index (χ0v) is 12.7. The molecule has 4 heteroatoms. The van der Waals surface area contributed by atoms with E-state index in [9.17, 15) is 9.90 Å². The van der Waals surface area contributed by atoms with Gasteiger partial charge >= 0.3 is 0 Å². The van der Waals surface area contributed by atoms with Gasteiger partial charge in [0.25, 0.3) is 0 Å². The topological polar surface area (TPSA) is 43.8 Å². The number of hydrogen-bond acceptors (Lipinski definition) is 3. The lowest BCUT2D eigenvalue weighted by Gasteiger charge is -2.41. The fourth-order valence-electron chi connectivity index (χ4n) is 3.61. The van der Waals surface area contributed by atoms with E-state index in [1.165, 1.54) is 5.56 Å². The quantitative estimate of drug-likeness (QED) is 0.916. The molecule has 1 unspecified atom stereocenters. The highest BCUT2D eigenvalue weighted by molar-refractivity contribution is 5.81. The van der Waals surface area contributed by atoms with Crippen LogP contribution in [0.5, 0.6) is 0 Å². The lowest BCUT2D eigenvalue weighted by Crippen LogP contribution is -2.50. The molecule has 4 nitrogen and oxygen atoms in total. The number of aliphatic hydroxyl groups is 1. The molecule has 0 spiro atoms. The number of carbonyl (C=O) groups excluding carboxylic acids is 1. The minimum absolute atomic E-state index is 0.119. The molecule has 2 saturated heterocycles.